The number of rotatable bonds is 6. The van der Waals surface area contributed by atoms with Crippen molar-refractivity contribution in [3.05, 3.63) is 0 Å². The zero-order valence-corrected chi connectivity index (χ0v) is 13.7. The van der Waals surface area contributed by atoms with E-state index in [0.717, 1.165) is 44.7 Å². The van der Waals surface area contributed by atoms with Crippen LogP contribution in [0.3, 0.4) is 0 Å². The van der Waals surface area contributed by atoms with Crippen LogP contribution in [0.25, 0.3) is 0 Å². The van der Waals surface area contributed by atoms with Gasteiger partial charge in [-0.1, -0.05) is 6.42 Å². The van der Waals surface area contributed by atoms with Gasteiger partial charge in [0.25, 0.3) is 0 Å². The summed E-state index contributed by atoms with van der Waals surface area (Å²) in [7, 11) is 4.39. The van der Waals surface area contributed by atoms with E-state index in [9.17, 15) is 4.79 Å². The molecule has 5 nitrogen and oxygen atoms in total. The minimum Gasteiger partial charge on any atom is -0.368 e. The van der Waals surface area contributed by atoms with E-state index < -0.39 is 5.54 Å². The van der Waals surface area contributed by atoms with Crippen LogP contribution >= 0.6 is 0 Å². The van der Waals surface area contributed by atoms with Gasteiger partial charge in [-0.15, -0.1) is 0 Å². The van der Waals surface area contributed by atoms with Crippen LogP contribution in [0.15, 0.2) is 0 Å². The number of nitrogens with zero attached hydrogens (tertiary/aromatic N) is 2. The van der Waals surface area contributed by atoms with Crippen molar-refractivity contribution in [1.82, 2.24) is 9.80 Å². The van der Waals surface area contributed by atoms with Gasteiger partial charge in [0.1, 0.15) is 0 Å². The Morgan fingerprint density at radius 3 is 2.62 bits per heavy atom. The number of primary amides is 1. The van der Waals surface area contributed by atoms with Gasteiger partial charge in [-0.25, -0.2) is 0 Å². The molecule has 122 valence electrons. The first-order valence-electron chi connectivity index (χ1n) is 8.37. The highest BCUT2D eigenvalue weighted by molar-refractivity contribution is 5.85. The van der Waals surface area contributed by atoms with E-state index in [4.69, 9.17) is 11.5 Å². The van der Waals surface area contributed by atoms with E-state index in [1.807, 2.05) is 0 Å². The lowest BCUT2D eigenvalue weighted by molar-refractivity contribution is -0.124. The quantitative estimate of drug-likeness (QED) is 0.754. The van der Waals surface area contributed by atoms with Crippen molar-refractivity contribution < 1.29 is 4.79 Å². The number of carbonyl (C=O) groups is 1. The van der Waals surface area contributed by atoms with Crippen molar-refractivity contribution in [3.63, 3.8) is 0 Å². The molecule has 0 aromatic carbocycles. The Morgan fingerprint density at radius 2 is 2.00 bits per heavy atom. The molecule has 2 unspecified atom stereocenters. The van der Waals surface area contributed by atoms with Crippen LogP contribution in [0.4, 0.5) is 0 Å². The summed E-state index contributed by atoms with van der Waals surface area (Å²) in [5.41, 5.74) is 11.0. The standard InChI is InChI=1S/C16H32N4O/c1-19-9-5-13(6-10-19)12-20(2)11-7-14-4-3-8-16(14,18)15(17)21/h13-14H,3-12,18H2,1-2H3,(H2,17,21). The number of piperidine rings is 1. The van der Waals surface area contributed by atoms with E-state index in [1.165, 1.54) is 25.9 Å². The lowest BCUT2D eigenvalue weighted by Crippen LogP contribution is -2.55. The Bertz CT molecular complexity index is 354. The predicted molar refractivity (Wildman–Crippen MR) is 85.8 cm³/mol. The Balaban J connectivity index is 1.73. The number of hydrogen-bond acceptors (Lipinski definition) is 4. The van der Waals surface area contributed by atoms with Gasteiger partial charge in [0.05, 0.1) is 5.54 Å². The molecule has 21 heavy (non-hydrogen) atoms. The molecular formula is C16H32N4O. The smallest absolute Gasteiger partial charge is 0.237 e. The Kier molecular flexibility index (Phi) is 5.63. The number of carbonyl (C=O) groups excluding carboxylic acids is 1. The van der Waals surface area contributed by atoms with Gasteiger partial charge in [0, 0.05) is 6.54 Å². The molecule has 1 heterocycles. The Morgan fingerprint density at radius 1 is 1.33 bits per heavy atom. The van der Waals surface area contributed by atoms with Gasteiger partial charge in [-0.2, -0.15) is 0 Å². The maximum atomic E-state index is 11.6. The summed E-state index contributed by atoms with van der Waals surface area (Å²) in [5.74, 6) is 0.756. The van der Waals surface area contributed by atoms with Crippen LogP contribution in [-0.4, -0.2) is 61.5 Å². The van der Waals surface area contributed by atoms with Gasteiger partial charge < -0.3 is 21.3 Å². The molecule has 2 atom stereocenters. The molecule has 1 aliphatic carbocycles. The largest absolute Gasteiger partial charge is 0.368 e. The van der Waals surface area contributed by atoms with E-state index >= 15 is 0 Å². The van der Waals surface area contributed by atoms with E-state index in [2.05, 4.69) is 23.9 Å². The van der Waals surface area contributed by atoms with Crippen molar-refractivity contribution >= 4 is 5.91 Å². The summed E-state index contributed by atoms with van der Waals surface area (Å²) in [6.45, 7) is 4.61. The molecule has 2 rings (SSSR count). The Hall–Kier alpha value is -0.650. The normalized spacial score (nSPS) is 31.9. The van der Waals surface area contributed by atoms with E-state index in [-0.39, 0.29) is 11.8 Å². The maximum absolute atomic E-state index is 11.6. The van der Waals surface area contributed by atoms with E-state index in [0.29, 0.717) is 0 Å². The molecule has 0 radical (unpaired) electrons. The summed E-state index contributed by atoms with van der Waals surface area (Å²) in [6, 6.07) is 0. The molecule has 0 bridgehead atoms. The third-order valence-corrected chi connectivity index (χ3v) is 5.60. The molecule has 1 aliphatic heterocycles. The number of amides is 1. The average Bonchev–Trinajstić information content (AvgIpc) is 2.82. The topological polar surface area (TPSA) is 75.6 Å². The van der Waals surface area contributed by atoms with Crippen LogP contribution in [0.2, 0.25) is 0 Å². The second-order valence-corrected chi connectivity index (χ2v) is 7.29. The minimum absolute atomic E-state index is 0.259. The molecule has 2 aliphatic rings. The summed E-state index contributed by atoms with van der Waals surface area (Å²) in [4.78, 5) is 16.4. The van der Waals surface area contributed by atoms with Crippen molar-refractivity contribution in [2.24, 2.45) is 23.3 Å². The fourth-order valence-corrected chi connectivity index (χ4v) is 3.98. The number of nitrogens with two attached hydrogens (primary N) is 2. The second-order valence-electron chi connectivity index (χ2n) is 7.29. The van der Waals surface area contributed by atoms with Gasteiger partial charge >= 0.3 is 0 Å². The number of likely N-dealkylation sites (tertiary alicyclic amines) is 1. The second kappa shape index (κ2) is 7.07. The van der Waals surface area contributed by atoms with Crippen LogP contribution < -0.4 is 11.5 Å². The minimum atomic E-state index is -0.756. The zero-order valence-electron chi connectivity index (χ0n) is 13.7. The summed E-state index contributed by atoms with van der Waals surface area (Å²) in [6.07, 6.45) is 6.41. The Labute approximate surface area is 129 Å². The molecule has 1 saturated carbocycles. The summed E-state index contributed by atoms with van der Waals surface area (Å²) >= 11 is 0. The fraction of sp³-hybridized carbons (Fsp3) is 0.938. The molecule has 0 spiro atoms. The number of hydrogen-bond donors (Lipinski definition) is 2. The van der Waals surface area contributed by atoms with Crippen molar-refractivity contribution in [2.75, 3.05) is 40.3 Å². The molecular weight excluding hydrogens is 264 g/mol. The fourth-order valence-electron chi connectivity index (χ4n) is 3.98. The maximum Gasteiger partial charge on any atom is 0.237 e. The van der Waals surface area contributed by atoms with Crippen molar-refractivity contribution in [3.8, 4) is 0 Å². The molecule has 4 N–H and O–H groups in total. The third-order valence-electron chi connectivity index (χ3n) is 5.60. The highest BCUT2D eigenvalue weighted by Crippen LogP contribution is 2.36. The highest BCUT2D eigenvalue weighted by Gasteiger charge is 2.43. The van der Waals surface area contributed by atoms with Crippen LogP contribution in [0, 0.1) is 11.8 Å². The van der Waals surface area contributed by atoms with Crippen molar-refractivity contribution in [2.45, 2.75) is 44.1 Å². The zero-order chi connectivity index (χ0) is 15.5. The molecule has 0 aromatic rings. The van der Waals surface area contributed by atoms with Crippen LogP contribution in [0.5, 0.6) is 0 Å². The lowest BCUT2D eigenvalue weighted by atomic mass is 9.85. The highest BCUT2D eigenvalue weighted by atomic mass is 16.1. The summed E-state index contributed by atoms with van der Waals surface area (Å²) in [5, 5.41) is 0. The van der Waals surface area contributed by atoms with Gasteiger partial charge in [0.15, 0.2) is 0 Å². The first kappa shape index (κ1) is 16.7. The van der Waals surface area contributed by atoms with Crippen molar-refractivity contribution in [1.29, 1.82) is 0 Å². The average molecular weight is 296 g/mol. The van der Waals surface area contributed by atoms with Crippen LogP contribution in [-0.2, 0) is 4.79 Å². The monoisotopic (exact) mass is 296 g/mol. The molecule has 0 aromatic heterocycles. The SMILES string of the molecule is CN1CCC(CN(C)CCC2CCCC2(N)C(N)=O)CC1. The summed E-state index contributed by atoms with van der Waals surface area (Å²) < 4.78 is 0. The molecule has 1 saturated heterocycles. The first-order valence-corrected chi connectivity index (χ1v) is 8.37. The lowest BCUT2D eigenvalue weighted by Gasteiger charge is -2.33. The molecule has 5 heteroatoms. The van der Waals surface area contributed by atoms with Gasteiger partial charge in [0.2, 0.25) is 5.91 Å². The van der Waals surface area contributed by atoms with E-state index in [1.54, 1.807) is 0 Å². The first-order chi connectivity index (χ1) is 9.91. The van der Waals surface area contributed by atoms with Gasteiger partial charge in [-0.3, -0.25) is 4.79 Å². The molecule has 1 amide bonds. The molecule has 2 fully saturated rings. The van der Waals surface area contributed by atoms with Crippen LogP contribution in [0.1, 0.15) is 38.5 Å². The van der Waals surface area contributed by atoms with Gasteiger partial charge in [-0.05, 0) is 77.7 Å². The third kappa shape index (κ3) is 4.18. The predicted octanol–water partition coefficient (Wildman–Crippen LogP) is 0.633.